The van der Waals surface area contributed by atoms with Gasteiger partial charge in [0.1, 0.15) is 5.82 Å². The number of hydrogen-bond acceptors (Lipinski definition) is 6. The molecule has 3 atom stereocenters. The lowest BCUT2D eigenvalue weighted by atomic mass is 9.88. The molecule has 3 heterocycles. The van der Waals surface area contributed by atoms with Gasteiger partial charge in [0.2, 0.25) is 5.91 Å². The summed E-state index contributed by atoms with van der Waals surface area (Å²) >= 11 is 0. The Bertz CT molecular complexity index is 546. The lowest BCUT2D eigenvalue weighted by Gasteiger charge is -2.26. The standard InChI is InChI=1S/C16H26N6O/c1-11-17-6-12(7-18-11)9-22-5-4-13(10-22)15-14(8-19-20-15)16(23)21(2)3/h6-7,13-15,19-20H,4-5,8-10H2,1-3H3. The van der Waals surface area contributed by atoms with Crippen LogP contribution < -0.4 is 10.9 Å². The average Bonchev–Trinajstić information content (AvgIpc) is 3.17. The Morgan fingerprint density at radius 3 is 2.83 bits per heavy atom. The molecular formula is C16H26N6O. The fourth-order valence-electron chi connectivity index (χ4n) is 3.59. The lowest BCUT2D eigenvalue weighted by molar-refractivity contribution is -0.133. The first-order valence-corrected chi connectivity index (χ1v) is 8.24. The van der Waals surface area contributed by atoms with Crippen LogP contribution in [0.2, 0.25) is 0 Å². The normalized spacial score (nSPS) is 28.2. The summed E-state index contributed by atoms with van der Waals surface area (Å²) in [5.74, 6) is 1.53. The van der Waals surface area contributed by atoms with Gasteiger partial charge in [-0.05, 0) is 25.8 Å². The van der Waals surface area contributed by atoms with Gasteiger partial charge in [-0.2, -0.15) is 0 Å². The van der Waals surface area contributed by atoms with E-state index in [1.807, 2.05) is 33.4 Å². The summed E-state index contributed by atoms with van der Waals surface area (Å²) in [7, 11) is 3.66. The average molecular weight is 318 g/mol. The van der Waals surface area contributed by atoms with Crippen molar-refractivity contribution < 1.29 is 4.79 Å². The molecule has 2 saturated heterocycles. The Balaban J connectivity index is 1.58. The minimum Gasteiger partial charge on any atom is -0.348 e. The van der Waals surface area contributed by atoms with E-state index in [4.69, 9.17) is 0 Å². The third kappa shape index (κ3) is 3.68. The number of rotatable bonds is 4. The second-order valence-electron chi connectivity index (χ2n) is 6.81. The van der Waals surface area contributed by atoms with Crippen molar-refractivity contribution in [3.63, 3.8) is 0 Å². The first-order valence-electron chi connectivity index (χ1n) is 8.24. The third-order valence-corrected chi connectivity index (χ3v) is 4.84. The summed E-state index contributed by atoms with van der Waals surface area (Å²) in [4.78, 5) is 25.0. The van der Waals surface area contributed by atoms with E-state index in [2.05, 4.69) is 25.7 Å². The summed E-state index contributed by atoms with van der Waals surface area (Å²) in [6, 6.07) is 0.212. The SMILES string of the molecule is Cc1ncc(CN2CCC(C3NNCC3C(=O)N(C)C)C2)cn1. The maximum absolute atomic E-state index is 12.3. The number of carbonyl (C=O) groups is 1. The van der Waals surface area contributed by atoms with Crippen LogP contribution in [0.15, 0.2) is 12.4 Å². The molecule has 23 heavy (non-hydrogen) atoms. The first kappa shape index (κ1) is 16.3. The van der Waals surface area contributed by atoms with E-state index in [9.17, 15) is 4.79 Å². The predicted molar refractivity (Wildman–Crippen MR) is 87.3 cm³/mol. The van der Waals surface area contributed by atoms with Gasteiger partial charge in [0.05, 0.1) is 5.92 Å². The number of nitrogens with zero attached hydrogens (tertiary/aromatic N) is 4. The van der Waals surface area contributed by atoms with Crippen LogP contribution in [0.4, 0.5) is 0 Å². The summed E-state index contributed by atoms with van der Waals surface area (Å²) in [6.07, 6.45) is 4.93. The van der Waals surface area contributed by atoms with Crippen molar-refractivity contribution >= 4 is 5.91 Å². The van der Waals surface area contributed by atoms with Crippen LogP contribution in [0.25, 0.3) is 0 Å². The molecule has 0 aromatic carbocycles. The van der Waals surface area contributed by atoms with Gasteiger partial charge in [-0.3, -0.25) is 20.5 Å². The van der Waals surface area contributed by atoms with Gasteiger partial charge >= 0.3 is 0 Å². The van der Waals surface area contributed by atoms with E-state index in [0.717, 1.165) is 37.4 Å². The van der Waals surface area contributed by atoms with Crippen molar-refractivity contribution in [1.82, 2.24) is 30.6 Å². The van der Waals surface area contributed by atoms with Crippen LogP contribution in [0.5, 0.6) is 0 Å². The third-order valence-electron chi connectivity index (χ3n) is 4.84. The topological polar surface area (TPSA) is 73.4 Å². The molecule has 3 unspecified atom stereocenters. The number of hydrazine groups is 1. The van der Waals surface area contributed by atoms with Gasteiger partial charge in [-0.15, -0.1) is 0 Å². The monoisotopic (exact) mass is 318 g/mol. The van der Waals surface area contributed by atoms with Crippen molar-refractivity contribution in [2.75, 3.05) is 33.7 Å². The largest absolute Gasteiger partial charge is 0.348 e. The Hall–Kier alpha value is -1.57. The maximum atomic E-state index is 12.3. The number of amides is 1. The minimum absolute atomic E-state index is 0.0256. The number of likely N-dealkylation sites (tertiary alicyclic amines) is 1. The molecule has 2 N–H and O–H groups in total. The molecule has 2 fully saturated rings. The van der Waals surface area contributed by atoms with Gasteiger partial charge in [0, 0.05) is 57.7 Å². The van der Waals surface area contributed by atoms with E-state index in [0.29, 0.717) is 12.5 Å². The number of aryl methyl sites for hydroxylation is 1. The zero-order valence-electron chi connectivity index (χ0n) is 14.1. The molecule has 2 aliphatic heterocycles. The Kier molecular flexibility index (Phi) is 4.89. The highest BCUT2D eigenvalue weighted by atomic mass is 16.2. The number of hydrogen-bond donors (Lipinski definition) is 2. The van der Waals surface area contributed by atoms with Crippen molar-refractivity contribution in [3.05, 3.63) is 23.8 Å². The molecule has 3 rings (SSSR count). The zero-order valence-corrected chi connectivity index (χ0v) is 14.1. The molecule has 1 amide bonds. The van der Waals surface area contributed by atoms with E-state index < -0.39 is 0 Å². The fraction of sp³-hybridized carbons (Fsp3) is 0.688. The summed E-state index contributed by atoms with van der Waals surface area (Å²) < 4.78 is 0. The van der Waals surface area contributed by atoms with Gasteiger partial charge in [-0.1, -0.05) is 0 Å². The molecule has 1 aromatic heterocycles. The van der Waals surface area contributed by atoms with E-state index >= 15 is 0 Å². The van der Waals surface area contributed by atoms with E-state index in [1.54, 1.807) is 4.90 Å². The Morgan fingerprint density at radius 1 is 1.39 bits per heavy atom. The molecule has 7 heteroatoms. The van der Waals surface area contributed by atoms with Gasteiger partial charge in [-0.25, -0.2) is 9.97 Å². The van der Waals surface area contributed by atoms with E-state index in [-0.39, 0.29) is 17.9 Å². The van der Waals surface area contributed by atoms with Gasteiger partial charge in [0.15, 0.2) is 0 Å². The number of aromatic nitrogens is 2. The molecule has 1 aromatic rings. The van der Waals surface area contributed by atoms with E-state index in [1.165, 1.54) is 0 Å². The molecule has 2 aliphatic rings. The van der Waals surface area contributed by atoms with Crippen LogP contribution in [0, 0.1) is 18.8 Å². The minimum atomic E-state index is 0.0256. The van der Waals surface area contributed by atoms with Crippen molar-refractivity contribution in [1.29, 1.82) is 0 Å². The second-order valence-corrected chi connectivity index (χ2v) is 6.81. The first-order chi connectivity index (χ1) is 11.0. The molecule has 0 spiro atoms. The molecule has 0 bridgehead atoms. The van der Waals surface area contributed by atoms with Crippen molar-refractivity contribution in [2.24, 2.45) is 11.8 Å². The quantitative estimate of drug-likeness (QED) is 0.800. The lowest BCUT2D eigenvalue weighted by Crippen LogP contribution is -2.44. The Labute approximate surface area is 137 Å². The molecule has 0 aliphatic carbocycles. The molecule has 126 valence electrons. The molecule has 0 saturated carbocycles. The van der Waals surface area contributed by atoms with Crippen LogP contribution >= 0.6 is 0 Å². The van der Waals surface area contributed by atoms with Gasteiger partial charge < -0.3 is 4.90 Å². The summed E-state index contributed by atoms with van der Waals surface area (Å²) in [5, 5.41) is 0. The highest BCUT2D eigenvalue weighted by molar-refractivity contribution is 5.79. The van der Waals surface area contributed by atoms with Gasteiger partial charge in [0.25, 0.3) is 0 Å². The van der Waals surface area contributed by atoms with Crippen molar-refractivity contribution in [3.8, 4) is 0 Å². The van der Waals surface area contributed by atoms with Crippen molar-refractivity contribution in [2.45, 2.75) is 25.9 Å². The highest BCUT2D eigenvalue weighted by Crippen LogP contribution is 2.27. The zero-order chi connectivity index (χ0) is 16.4. The van der Waals surface area contributed by atoms with Crippen LogP contribution in [0.3, 0.4) is 0 Å². The molecule has 0 radical (unpaired) electrons. The second kappa shape index (κ2) is 6.90. The van der Waals surface area contributed by atoms with Crippen LogP contribution in [0.1, 0.15) is 17.8 Å². The highest BCUT2D eigenvalue weighted by Gasteiger charge is 2.41. The Morgan fingerprint density at radius 2 is 2.13 bits per heavy atom. The molecular weight excluding hydrogens is 292 g/mol. The summed E-state index contributed by atoms with van der Waals surface area (Å²) in [6.45, 7) is 5.55. The van der Waals surface area contributed by atoms with Crippen LogP contribution in [-0.4, -0.2) is 65.4 Å². The summed E-state index contributed by atoms with van der Waals surface area (Å²) in [5.41, 5.74) is 7.65. The smallest absolute Gasteiger partial charge is 0.228 e. The molecule has 7 nitrogen and oxygen atoms in total. The van der Waals surface area contributed by atoms with Crippen LogP contribution in [-0.2, 0) is 11.3 Å². The maximum Gasteiger partial charge on any atom is 0.228 e. The predicted octanol–water partition coefficient (Wildman–Crippen LogP) is -0.212. The fourth-order valence-corrected chi connectivity index (χ4v) is 3.59. The number of carbonyl (C=O) groups excluding carboxylic acids is 1. The number of nitrogens with one attached hydrogen (secondary N) is 2.